The molecule has 16 nitrogen and oxygen atoms in total. The van der Waals surface area contributed by atoms with E-state index < -0.39 is 0 Å². The second-order valence-corrected chi connectivity index (χ2v) is 13.1. The highest BCUT2D eigenvalue weighted by atomic mass is 16.3. The molecule has 53 heavy (non-hydrogen) atoms. The zero-order valence-corrected chi connectivity index (χ0v) is 28.6. The van der Waals surface area contributed by atoms with E-state index in [-0.39, 0.29) is 0 Å². The van der Waals surface area contributed by atoms with Gasteiger partial charge in [-0.15, -0.1) is 10.2 Å². The molecule has 6 aromatic heterocycles. The van der Waals surface area contributed by atoms with E-state index in [2.05, 4.69) is 63.3 Å². The monoisotopic (exact) mass is 706 g/mol. The van der Waals surface area contributed by atoms with E-state index in [1.165, 1.54) is 0 Å². The first-order valence-electron chi connectivity index (χ1n) is 17.7. The lowest BCUT2D eigenvalue weighted by Crippen LogP contribution is -2.19. The van der Waals surface area contributed by atoms with Gasteiger partial charge in [-0.2, -0.15) is 0 Å². The van der Waals surface area contributed by atoms with Crippen molar-refractivity contribution in [1.82, 2.24) is 60.6 Å². The van der Waals surface area contributed by atoms with E-state index >= 15 is 0 Å². The number of amidine groups is 2. The van der Waals surface area contributed by atoms with Gasteiger partial charge in [0.05, 0.1) is 46.5 Å². The maximum Gasteiger partial charge on any atom is 0.174 e. The van der Waals surface area contributed by atoms with E-state index in [0.717, 1.165) is 113 Å². The summed E-state index contributed by atoms with van der Waals surface area (Å²) in [6, 6.07) is 19.9. The molecule has 16 heteroatoms. The lowest BCUT2D eigenvalue weighted by atomic mass is 10.2. The number of hydrogen-bond donors (Lipinski definition) is 4. The summed E-state index contributed by atoms with van der Waals surface area (Å²) in [5.41, 5.74) is 7.52. The first kappa shape index (κ1) is 30.9. The van der Waals surface area contributed by atoms with Gasteiger partial charge in [0, 0.05) is 36.6 Å². The van der Waals surface area contributed by atoms with Crippen molar-refractivity contribution in [2.45, 2.75) is 32.4 Å². The number of H-pyrrole nitrogens is 2. The Morgan fingerprint density at radius 2 is 1.11 bits per heavy atom. The van der Waals surface area contributed by atoms with E-state index in [0.29, 0.717) is 36.3 Å². The number of imidazole rings is 2. The predicted molar refractivity (Wildman–Crippen MR) is 197 cm³/mol. The van der Waals surface area contributed by atoms with Crippen molar-refractivity contribution >= 4 is 33.7 Å². The van der Waals surface area contributed by atoms with Crippen molar-refractivity contribution in [2.24, 2.45) is 9.98 Å². The smallest absolute Gasteiger partial charge is 0.174 e. The Bertz CT molecular complexity index is 2470. The summed E-state index contributed by atoms with van der Waals surface area (Å²) in [4.78, 5) is 25.2. The largest absolute Gasteiger partial charge is 0.456 e. The standard InChI is InChI=1S/C37H34N14O2/c1(2-24-18-50(48-46-24)20-26-6-10-32(52-26)36-42-28-8-4-22(16-30(28)44-36)34-38-12-13-39-34)3-25-19-51(49-47-25)21-27-7-11-33(53-27)37-43-29-9-5-23(17-31(29)45-37)35-40-14-15-41-35/h4-11,16-19H,1-3,12-15,20-21H2,(H,38,39)(H,40,41)(H,42,44)(H,43,45). The number of benzene rings is 2. The molecular weight excluding hydrogens is 673 g/mol. The molecule has 0 radical (unpaired) electrons. The van der Waals surface area contributed by atoms with E-state index in [4.69, 9.17) is 18.8 Å². The Morgan fingerprint density at radius 3 is 1.58 bits per heavy atom. The van der Waals surface area contributed by atoms with Crippen molar-refractivity contribution in [2.75, 3.05) is 26.2 Å². The molecule has 10 rings (SSSR count). The van der Waals surface area contributed by atoms with Crippen LogP contribution in [0.15, 0.2) is 91.9 Å². The second-order valence-electron chi connectivity index (χ2n) is 13.1. The van der Waals surface area contributed by atoms with Gasteiger partial charge in [-0.3, -0.25) is 9.98 Å². The molecule has 264 valence electrons. The van der Waals surface area contributed by atoms with Crippen molar-refractivity contribution in [3.8, 4) is 23.2 Å². The van der Waals surface area contributed by atoms with Gasteiger partial charge in [0.2, 0.25) is 0 Å². The van der Waals surface area contributed by atoms with Gasteiger partial charge in [-0.05, 0) is 79.9 Å². The number of fused-ring (bicyclic) bond motifs is 2. The Labute approximate surface area is 301 Å². The Kier molecular flexibility index (Phi) is 7.62. The SMILES string of the molecule is c1cc2nc(-c3ccc(Cn4cc(CCCc5cn(Cc6ccc(-c7nc8ccc(C9=NCCN9)cc8[nH]7)o6)nn5)nn4)o3)[nH]c2cc1C1=NCCN1. The van der Waals surface area contributed by atoms with Gasteiger partial charge in [0.15, 0.2) is 23.2 Å². The number of nitrogens with one attached hydrogen (secondary N) is 4. The molecule has 0 spiro atoms. The number of rotatable bonds is 12. The maximum absolute atomic E-state index is 6.13. The summed E-state index contributed by atoms with van der Waals surface area (Å²) >= 11 is 0. The zero-order valence-electron chi connectivity index (χ0n) is 28.6. The van der Waals surface area contributed by atoms with Crippen LogP contribution in [-0.4, -0.2) is 87.8 Å². The molecule has 2 aliphatic heterocycles. The van der Waals surface area contributed by atoms with Crippen LogP contribution in [0.3, 0.4) is 0 Å². The number of aliphatic imine (C=N–C) groups is 2. The summed E-state index contributed by atoms with van der Waals surface area (Å²) in [6.07, 6.45) is 6.31. The van der Waals surface area contributed by atoms with Crippen LogP contribution in [0.2, 0.25) is 0 Å². The molecule has 4 N–H and O–H groups in total. The molecule has 0 amide bonds. The summed E-state index contributed by atoms with van der Waals surface area (Å²) in [6.45, 7) is 4.27. The molecule has 8 aromatic rings. The summed E-state index contributed by atoms with van der Waals surface area (Å²) in [5, 5.41) is 24.0. The third-order valence-corrected chi connectivity index (χ3v) is 9.32. The highest BCUT2D eigenvalue weighted by Gasteiger charge is 2.16. The van der Waals surface area contributed by atoms with Crippen LogP contribution < -0.4 is 10.6 Å². The fourth-order valence-corrected chi connectivity index (χ4v) is 6.74. The lowest BCUT2D eigenvalue weighted by Gasteiger charge is -2.01. The van der Waals surface area contributed by atoms with Gasteiger partial charge >= 0.3 is 0 Å². The molecule has 0 unspecified atom stereocenters. The zero-order chi connectivity index (χ0) is 35.1. The molecule has 0 fully saturated rings. The molecule has 0 saturated heterocycles. The quantitative estimate of drug-likeness (QED) is 0.144. The van der Waals surface area contributed by atoms with Crippen LogP contribution in [0.5, 0.6) is 0 Å². The van der Waals surface area contributed by atoms with Gasteiger partial charge in [0.25, 0.3) is 0 Å². The molecule has 2 aromatic carbocycles. The third kappa shape index (κ3) is 6.34. The molecular formula is C37H34N14O2. The normalized spacial score (nSPS) is 14.3. The van der Waals surface area contributed by atoms with Crippen LogP contribution in [-0.2, 0) is 25.9 Å². The fraction of sp³-hybridized carbons (Fsp3) is 0.243. The molecule has 0 saturated carbocycles. The summed E-state index contributed by atoms with van der Waals surface area (Å²) in [5.74, 6) is 6.07. The van der Waals surface area contributed by atoms with E-state index in [1.54, 1.807) is 9.36 Å². The topological polar surface area (TPSA) is 194 Å². The van der Waals surface area contributed by atoms with Crippen molar-refractivity contribution in [1.29, 1.82) is 0 Å². The van der Waals surface area contributed by atoms with Gasteiger partial charge < -0.3 is 29.4 Å². The number of furan rings is 2. The number of aromatic nitrogens is 10. The van der Waals surface area contributed by atoms with Crippen molar-refractivity contribution in [3.05, 3.63) is 107 Å². The Morgan fingerprint density at radius 1 is 0.604 bits per heavy atom. The minimum Gasteiger partial charge on any atom is -0.456 e. The van der Waals surface area contributed by atoms with Gasteiger partial charge in [-0.25, -0.2) is 19.3 Å². The third-order valence-electron chi connectivity index (χ3n) is 9.32. The average molecular weight is 707 g/mol. The minimum absolute atomic E-state index is 0.469. The predicted octanol–water partition coefficient (Wildman–Crippen LogP) is 4.11. The summed E-state index contributed by atoms with van der Waals surface area (Å²) < 4.78 is 15.8. The van der Waals surface area contributed by atoms with Crippen LogP contribution in [0.4, 0.5) is 0 Å². The molecule has 0 bridgehead atoms. The van der Waals surface area contributed by atoms with Gasteiger partial charge in [-0.1, -0.05) is 10.4 Å². The Balaban J connectivity index is 0.717. The summed E-state index contributed by atoms with van der Waals surface area (Å²) in [7, 11) is 0. The number of aryl methyl sites for hydroxylation is 2. The van der Waals surface area contributed by atoms with Crippen molar-refractivity contribution < 1.29 is 8.83 Å². The van der Waals surface area contributed by atoms with Crippen LogP contribution in [0.1, 0.15) is 40.5 Å². The highest BCUT2D eigenvalue weighted by Crippen LogP contribution is 2.26. The first-order valence-corrected chi connectivity index (χ1v) is 17.7. The fourth-order valence-electron chi connectivity index (χ4n) is 6.74. The van der Waals surface area contributed by atoms with E-state index in [9.17, 15) is 0 Å². The second kappa shape index (κ2) is 13.0. The van der Waals surface area contributed by atoms with E-state index in [1.807, 2.05) is 60.9 Å². The molecule has 0 atom stereocenters. The van der Waals surface area contributed by atoms with Gasteiger partial charge in [0.1, 0.15) is 36.3 Å². The molecule has 8 heterocycles. The molecule has 2 aliphatic rings. The molecule has 0 aliphatic carbocycles. The number of aromatic amines is 2. The van der Waals surface area contributed by atoms with Crippen LogP contribution in [0, 0.1) is 0 Å². The first-order chi connectivity index (χ1) is 26.1. The Hall–Kier alpha value is -6.84. The number of nitrogens with zero attached hydrogens (tertiary/aromatic N) is 10. The maximum atomic E-state index is 6.13. The van der Waals surface area contributed by atoms with Crippen LogP contribution in [0.25, 0.3) is 45.2 Å². The van der Waals surface area contributed by atoms with Crippen LogP contribution >= 0.6 is 0 Å². The number of hydrogen-bond acceptors (Lipinski definition) is 12. The van der Waals surface area contributed by atoms with Crippen molar-refractivity contribution in [3.63, 3.8) is 0 Å². The highest BCUT2D eigenvalue weighted by molar-refractivity contribution is 6.03. The lowest BCUT2D eigenvalue weighted by molar-refractivity contribution is 0.483. The average Bonchev–Trinajstić information content (AvgIpc) is 4.02. The minimum atomic E-state index is 0.469.